The average Bonchev–Trinajstić information content (AvgIpc) is 2.98. The highest BCUT2D eigenvalue weighted by atomic mass is 33.1. The van der Waals surface area contributed by atoms with Gasteiger partial charge in [-0.25, -0.2) is 0 Å². The second-order valence-corrected chi connectivity index (χ2v) is 11.8. The zero-order valence-electron chi connectivity index (χ0n) is 23.2. The van der Waals surface area contributed by atoms with E-state index in [1.54, 1.807) is 12.2 Å². The molecular formula is C32H39N3O3S2. The van der Waals surface area contributed by atoms with E-state index in [1.165, 1.54) is 34.4 Å². The molecule has 40 heavy (non-hydrogen) atoms. The molecule has 2 aliphatic carbocycles. The summed E-state index contributed by atoms with van der Waals surface area (Å²) in [6.07, 6.45) is 16.4. The summed E-state index contributed by atoms with van der Waals surface area (Å²) in [4.78, 5) is 39.5. The standard InChI is InChI=1S/C32H39N3O3S2/c1-2-3-4-14-23-33-31(37)26-18-10-12-20-28(26)39-40-29-21-13-11-19-27(29)32(38)34-24-15-6-9-22-30(36)35-25-16-7-5-8-17-25/h5,7-8,10-11,16-19H,2-4,6,9,12,14-15,20,22-24H2,1H3,(H,33,37)(H,34,38)(H,35,36). The fraction of sp³-hybridized carbons (Fsp3) is 0.406. The van der Waals surface area contributed by atoms with E-state index in [0.717, 1.165) is 55.5 Å². The van der Waals surface area contributed by atoms with Gasteiger partial charge < -0.3 is 16.0 Å². The van der Waals surface area contributed by atoms with Gasteiger partial charge in [0, 0.05) is 35.7 Å². The summed E-state index contributed by atoms with van der Waals surface area (Å²) in [5.41, 5.74) is 8.08. The van der Waals surface area contributed by atoms with E-state index in [9.17, 15) is 14.4 Å². The first-order valence-electron chi connectivity index (χ1n) is 14.2. The fourth-order valence-electron chi connectivity index (χ4n) is 4.12. The summed E-state index contributed by atoms with van der Waals surface area (Å²) in [7, 11) is 2.96. The van der Waals surface area contributed by atoms with Crippen LogP contribution in [0.4, 0.5) is 5.69 Å². The van der Waals surface area contributed by atoms with Crippen molar-refractivity contribution >= 4 is 45.0 Å². The molecule has 0 unspecified atom stereocenters. The molecule has 1 aromatic carbocycles. The number of amides is 3. The first-order valence-corrected chi connectivity index (χ1v) is 16.3. The van der Waals surface area contributed by atoms with E-state index in [0.29, 0.717) is 35.6 Å². The van der Waals surface area contributed by atoms with Gasteiger partial charge in [-0.2, -0.15) is 0 Å². The lowest BCUT2D eigenvalue weighted by atomic mass is 10.1. The van der Waals surface area contributed by atoms with E-state index in [2.05, 4.69) is 34.3 Å². The second kappa shape index (κ2) is 18.2. The van der Waals surface area contributed by atoms with Crippen LogP contribution in [0, 0.1) is 0 Å². The van der Waals surface area contributed by atoms with Gasteiger partial charge in [-0.05, 0) is 67.2 Å². The molecule has 2 aliphatic rings. The zero-order valence-corrected chi connectivity index (χ0v) is 24.9. The number of unbranched alkanes of at least 4 members (excludes halogenated alkanes) is 5. The largest absolute Gasteiger partial charge is 0.352 e. The van der Waals surface area contributed by atoms with Gasteiger partial charge in [-0.3, -0.25) is 14.4 Å². The molecular weight excluding hydrogens is 539 g/mol. The Balaban J connectivity index is 1.40. The van der Waals surface area contributed by atoms with Crippen LogP contribution >= 0.6 is 21.6 Å². The van der Waals surface area contributed by atoms with Crippen molar-refractivity contribution in [2.45, 2.75) is 71.1 Å². The number of anilines is 1. The van der Waals surface area contributed by atoms with E-state index >= 15 is 0 Å². The van der Waals surface area contributed by atoms with Gasteiger partial charge in [0.05, 0.1) is 10.5 Å². The molecule has 0 heterocycles. The Labute approximate surface area is 246 Å². The topological polar surface area (TPSA) is 87.3 Å². The smallest absolute Gasteiger partial charge is 0.253 e. The summed E-state index contributed by atoms with van der Waals surface area (Å²) in [5.74, 6) is -0.186. The Morgan fingerprint density at radius 1 is 0.900 bits per heavy atom. The number of carbonyl (C=O) groups excluding carboxylic acids is 3. The first-order chi connectivity index (χ1) is 19.6. The molecule has 0 saturated carbocycles. The number of para-hydroxylation sites is 1. The number of benzene rings is 1. The highest BCUT2D eigenvalue weighted by Gasteiger charge is 2.20. The number of nitrogens with one attached hydrogen (secondary N) is 3. The van der Waals surface area contributed by atoms with E-state index in [1.807, 2.05) is 42.5 Å². The van der Waals surface area contributed by atoms with Crippen LogP contribution < -0.4 is 16.0 Å². The Bertz CT molecular complexity index is 1220. The summed E-state index contributed by atoms with van der Waals surface area (Å²) < 4.78 is 0. The summed E-state index contributed by atoms with van der Waals surface area (Å²) in [6, 6.07) is 9.43. The van der Waals surface area contributed by atoms with Gasteiger partial charge in [0.25, 0.3) is 11.8 Å². The predicted octanol–water partition coefficient (Wildman–Crippen LogP) is 7.12. The minimum Gasteiger partial charge on any atom is -0.352 e. The number of hydrogen-bond donors (Lipinski definition) is 3. The van der Waals surface area contributed by atoms with Gasteiger partial charge >= 0.3 is 0 Å². The summed E-state index contributed by atoms with van der Waals surface area (Å²) in [5, 5.41) is 8.93. The van der Waals surface area contributed by atoms with Crippen molar-refractivity contribution in [3.8, 4) is 0 Å². The third kappa shape index (κ3) is 11.1. The predicted molar refractivity (Wildman–Crippen MR) is 167 cm³/mol. The second-order valence-electron chi connectivity index (χ2n) is 9.59. The fourth-order valence-corrected chi connectivity index (χ4v) is 6.57. The van der Waals surface area contributed by atoms with Crippen molar-refractivity contribution in [1.82, 2.24) is 10.6 Å². The molecule has 8 heteroatoms. The Morgan fingerprint density at radius 3 is 2.42 bits per heavy atom. The maximum atomic E-state index is 12.9. The van der Waals surface area contributed by atoms with Crippen LogP contribution in [-0.4, -0.2) is 30.8 Å². The highest BCUT2D eigenvalue weighted by Crippen LogP contribution is 2.43. The maximum absolute atomic E-state index is 12.9. The molecule has 212 valence electrons. The normalized spacial score (nSPS) is 14.0. The van der Waals surface area contributed by atoms with Gasteiger partial charge in [0.1, 0.15) is 0 Å². The SMILES string of the molecule is CCCCCCNC(=O)C1=C(SSC2=C=C=CC=C2C(=O)NCCCCCC(=O)Nc2ccccc2)CCC=C1. The average molecular weight is 578 g/mol. The molecule has 3 rings (SSSR count). The van der Waals surface area contributed by atoms with Crippen molar-refractivity contribution in [1.29, 1.82) is 0 Å². The number of hydrogen-bond acceptors (Lipinski definition) is 5. The molecule has 0 atom stereocenters. The Hall–Kier alpha value is -3.15. The summed E-state index contributed by atoms with van der Waals surface area (Å²) >= 11 is 0. The molecule has 3 amide bonds. The summed E-state index contributed by atoms with van der Waals surface area (Å²) in [6.45, 7) is 3.40. The molecule has 0 fully saturated rings. The van der Waals surface area contributed by atoms with Crippen LogP contribution in [0.15, 0.2) is 87.1 Å². The number of allylic oxidation sites excluding steroid dienone is 4. The third-order valence-electron chi connectivity index (χ3n) is 6.34. The minimum absolute atomic E-state index is 0.00154. The zero-order chi connectivity index (χ0) is 28.4. The molecule has 0 radical (unpaired) electrons. The quantitative estimate of drug-likeness (QED) is 0.104. The van der Waals surface area contributed by atoms with Crippen molar-refractivity contribution < 1.29 is 14.4 Å². The van der Waals surface area contributed by atoms with Crippen molar-refractivity contribution in [3.05, 3.63) is 87.1 Å². The molecule has 0 saturated heterocycles. The number of carbonyl (C=O) groups is 3. The van der Waals surface area contributed by atoms with E-state index in [-0.39, 0.29) is 17.7 Å². The highest BCUT2D eigenvalue weighted by molar-refractivity contribution is 8.79. The molecule has 0 aliphatic heterocycles. The van der Waals surface area contributed by atoms with Crippen LogP contribution in [0.2, 0.25) is 0 Å². The van der Waals surface area contributed by atoms with Gasteiger partial charge in [0.2, 0.25) is 5.91 Å². The van der Waals surface area contributed by atoms with Crippen LogP contribution in [0.25, 0.3) is 0 Å². The van der Waals surface area contributed by atoms with Crippen molar-refractivity contribution in [2.75, 3.05) is 18.4 Å². The van der Waals surface area contributed by atoms with Crippen LogP contribution in [0.5, 0.6) is 0 Å². The van der Waals surface area contributed by atoms with Crippen molar-refractivity contribution in [2.24, 2.45) is 0 Å². The van der Waals surface area contributed by atoms with Gasteiger partial charge in [-0.15, -0.1) is 0 Å². The molecule has 0 bridgehead atoms. The van der Waals surface area contributed by atoms with Crippen LogP contribution in [-0.2, 0) is 14.4 Å². The van der Waals surface area contributed by atoms with Crippen molar-refractivity contribution in [3.63, 3.8) is 0 Å². The van der Waals surface area contributed by atoms with E-state index < -0.39 is 0 Å². The minimum atomic E-state index is -0.155. The number of rotatable bonds is 17. The Morgan fingerprint density at radius 2 is 1.65 bits per heavy atom. The molecule has 6 nitrogen and oxygen atoms in total. The lowest BCUT2D eigenvalue weighted by molar-refractivity contribution is -0.118. The van der Waals surface area contributed by atoms with Gasteiger partial charge in [0.15, 0.2) is 0 Å². The lowest BCUT2D eigenvalue weighted by Gasteiger charge is -2.16. The molecule has 0 aromatic heterocycles. The maximum Gasteiger partial charge on any atom is 0.253 e. The Kier molecular flexibility index (Phi) is 14.3. The third-order valence-corrected chi connectivity index (χ3v) is 8.89. The van der Waals surface area contributed by atoms with Gasteiger partial charge in [-0.1, -0.05) is 85.2 Å². The van der Waals surface area contributed by atoms with E-state index in [4.69, 9.17) is 0 Å². The lowest BCUT2D eigenvalue weighted by Crippen LogP contribution is -2.27. The van der Waals surface area contributed by atoms with Crippen LogP contribution in [0.1, 0.15) is 71.1 Å². The molecule has 3 N–H and O–H groups in total. The molecule has 1 aromatic rings. The monoisotopic (exact) mass is 577 g/mol. The van der Waals surface area contributed by atoms with Crippen LogP contribution in [0.3, 0.4) is 0 Å². The first kappa shape index (κ1) is 31.4. The molecule has 0 spiro atoms.